The van der Waals surface area contributed by atoms with Gasteiger partial charge in [-0.1, -0.05) is 32.9 Å². The van der Waals surface area contributed by atoms with E-state index >= 15 is 0 Å². The van der Waals surface area contributed by atoms with Gasteiger partial charge in [0.1, 0.15) is 17.9 Å². The molecule has 0 fully saturated rings. The van der Waals surface area contributed by atoms with Crippen molar-refractivity contribution in [2.24, 2.45) is 4.99 Å². The summed E-state index contributed by atoms with van der Waals surface area (Å²) in [5.41, 5.74) is 1.16. The Morgan fingerprint density at radius 1 is 1.30 bits per heavy atom. The van der Waals surface area contributed by atoms with E-state index in [1.165, 1.54) is 5.56 Å². The van der Waals surface area contributed by atoms with Gasteiger partial charge in [-0.25, -0.2) is 0 Å². The monoisotopic (exact) mass is 486 g/mol. The minimum Gasteiger partial charge on any atom is -0.497 e. The largest absolute Gasteiger partial charge is 0.497 e. The number of hydrogen-bond acceptors (Lipinski definition) is 4. The Morgan fingerprint density at radius 2 is 2.07 bits per heavy atom. The minimum atomic E-state index is -0.0597. The van der Waals surface area contributed by atoms with Gasteiger partial charge in [-0.2, -0.15) is 0 Å². The highest BCUT2D eigenvalue weighted by Crippen LogP contribution is 2.25. The molecule has 2 N–H and O–H groups in total. The number of nitrogens with zero attached hydrogens (tertiary/aromatic N) is 4. The van der Waals surface area contributed by atoms with Crippen molar-refractivity contribution < 1.29 is 4.74 Å². The zero-order valence-corrected chi connectivity index (χ0v) is 19.2. The molecule has 150 valence electrons. The van der Waals surface area contributed by atoms with Crippen LogP contribution in [0.2, 0.25) is 0 Å². The first-order valence-corrected chi connectivity index (χ1v) is 8.96. The molecule has 1 aromatic carbocycles. The average Bonchev–Trinajstić information content (AvgIpc) is 3.12. The minimum absolute atomic E-state index is 0. The molecule has 27 heavy (non-hydrogen) atoms. The quantitative estimate of drug-likeness (QED) is 0.341. The molecule has 8 heteroatoms. The van der Waals surface area contributed by atoms with Crippen LogP contribution in [0.4, 0.5) is 0 Å². The SMILES string of the molecule is CCc1nncn1CCNC(=NC)NCC(C)(C)c1cccc(OC)c1.I. The van der Waals surface area contributed by atoms with Crippen molar-refractivity contribution in [3.8, 4) is 5.75 Å². The summed E-state index contributed by atoms with van der Waals surface area (Å²) in [6.45, 7) is 8.79. The fourth-order valence-corrected chi connectivity index (χ4v) is 2.71. The summed E-state index contributed by atoms with van der Waals surface area (Å²) in [6.07, 6.45) is 2.64. The van der Waals surface area contributed by atoms with Gasteiger partial charge >= 0.3 is 0 Å². The average molecular weight is 486 g/mol. The van der Waals surface area contributed by atoms with Crippen LogP contribution in [0.25, 0.3) is 0 Å². The second-order valence-electron chi connectivity index (χ2n) is 6.76. The summed E-state index contributed by atoms with van der Waals surface area (Å²) in [5, 5.41) is 14.8. The van der Waals surface area contributed by atoms with Crippen molar-refractivity contribution in [2.75, 3.05) is 27.2 Å². The molecule has 0 aliphatic carbocycles. The van der Waals surface area contributed by atoms with Crippen LogP contribution in [-0.4, -0.2) is 48.0 Å². The number of aromatic nitrogens is 3. The Kier molecular flexibility index (Phi) is 9.54. The number of halogens is 1. The lowest BCUT2D eigenvalue weighted by Gasteiger charge is -2.27. The molecule has 2 rings (SSSR count). The van der Waals surface area contributed by atoms with Crippen molar-refractivity contribution in [1.82, 2.24) is 25.4 Å². The number of guanidine groups is 1. The lowest BCUT2D eigenvalue weighted by atomic mass is 9.84. The van der Waals surface area contributed by atoms with E-state index in [2.05, 4.69) is 63.3 Å². The summed E-state index contributed by atoms with van der Waals surface area (Å²) >= 11 is 0. The van der Waals surface area contributed by atoms with E-state index in [1.807, 2.05) is 12.1 Å². The number of rotatable bonds is 8. The molecule has 0 spiro atoms. The molecule has 1 aromatic heterocycles. The fourth-order valence-electron chi connectivity index (χ4n) is 2.71. The van der Waals surface area contributed by atoms with Crippen LogP contribution in [0.15, 0.2) is 35.6 Å². The van der Waals surface area contributed by atoms with Crippen molar-refractivity contribution >= 4 is 29.9 Å². The third kappa shape index (κ3) is 6.67. The van der Waals surface area contributed by atoms with E-state index in [4.69, 9.17) is 4.74 Å². The highest BCUT2D eigenvalue weighted by Gasteiger charge is 2.21. The van der Waals surface area contributed by atoms with Crippen LogP contribution >= 0.6 is 24.0 Å². The second-order valence-corrected chi connectivity index (χ2v) is 6.76. The van der Waals surface area contributed by atoms with Gasteiger partial charge in [-0.05, 0) is 17.7 Å². The zero-order valence-electron chi connectivity index (χ0n) is 16.8. The third-order valence-electron chi connectivity index (χ3n) is 4.43. The molecule has 0 saturated carbocycles. The molecular weight excluding hydrogens is 455 g/mol. The van der Waals surface area contributed by atoms with Gasteiger partial charge in [-0.3, -0.25) is 4.99 Å². The molecule has 2 aromatic rings. The molecule has 0 aliphatic heterocycles. The van der Waals surface area contributed by atoms with Crippen molar-refractivity contribution in [2.45, 2.75) is 39.2 Å². The molecule has 0 saturated heterocycles. The number of nitrogens with one attached hydrogen (secondary N) is 2. The van der Waals surface area contributed by atoms with E-state index in [1.54, 1.807) is 20.5 Å². The Labute approximate surface area is 179 Å². The van der Waals surface area contributed by atoms with Gasteiger partial charge in [0.2, 0.25) is 0 Å². The maximum atomic E-state index is 5.34. The van der Waals surface area contributed by atoms with Crippen molar-refractivity contribution in [3.63, 3.8) is 0 Å². The van der Waals surface area contributed by atoms with Crippen LogP contribution in [0, 0.1) is 0 Å². The molecule has 0 radical (unpaired) electrons. The van der Waals surface area contributed by atoms with Gasteiger partial charge in [0.15, 0.2) is 5.96 Å². The number of methoxy groups -OCH3 is 1. The molecule has 1 heterocycles. The zero-order chi connectivity index (χ0) is 19.0. The molecule has 7 nitrogen and oxygen atoms in total. The maximum absolute atomic E-state index is 5.34. The van der Waals surface area contributed by atoms with Gasteiger partial charge in [0, 0.05) is 38.5 Å². The number of aryl methyl sites for hydroxylation is 1. The summed E-state index contributed by atoms with van der Waals surface area (Å²) in [6, 6.07) is 8.19. The third-order valence-corrected chi connectivity index (χ3v) is 4.43. The smallest absolute Gasteiger partial charge is 0.191 e. The first-order chi connectivity index (χ1) is 12.5. The van der Waals surface area contributed by atoms with E-state index in [9.17, 15) is 0 Å². The molecule has 0 aliphatic rings. The Bertz CT molecular complexity index is 728. The Balaban J connectivity index is 0.00000364. The molecule has 0 unspecified atom stereocenters. The number of ether oxygens (including phenoxy) is 1. The normalized spacial score (nSPS) is 11.7. The Hall–Kier alpha value is -1.84. The Morgan fingerprint density at radius 3 is 2.74 bits per heavy atom. The summed E-state index contributed by atoms with van der Waals surface area (Å²) in [4.78, 5) is 4.31. The van der Waals surface area contributed by atoms with Crippen LogP contribution in [0.5, 0.6) is 5.75 Å². The molecular formula is C19H31IN6O. The molecule has 0 bridgehead atoms. The molecule has 0 atom stereocenters. The van der Waals surface area contributed by atoms with E-state index in [0.29, 0.717) is 0 Å². The number of hydrogen-bond donors (Lipinski definition) is 2. The van der Waals surface area contributed by atoms with Gasteiger partial charge in [0.25, 0.3) is 0 Å². The van der Waals surface area contributed by atoms with Crippen LogP contribution in [0.1, 0.15) is 32.2 Å². The van der Waals surface area contributed by atoms with Gasteiger partial charge in [0.05, 0.1) is 7.11 Å². The maximum Gasteiger partial charge on any atom is 0.191 e. The van der Waals surface area contributed by atoms with Gasteiger partial charge in [-0.15, -0.1) is 34.2 Å². The van der Waals surface area contributed by atoms with Crippen LogP contribution < -0.4 is 15.4 Å². The first kappa shape index (κ1) is 23.2. The van der Waals surface area contributed by atoms with Crippen molar-refractivity contribution in [1.29, 1.82) is 0 Å². The van der Waals surface area contributed by atoms with Crippen LogP contribution in [0.3, 0.4) is 0 Å². The molecule has 0 amide bonds. The highest BCUT2D eigenvalue weighted by atomic mass is 127. The summed E-state index contributed by atoms with van der Waals surface area (Å²) in [7, 11) is 3.47. The van der Waals surface area contributed by atoms with E-state index in [0.717, 1.165) is 43.6 Å². The summed E-state index contributed by atoms with van der Waals surface area (Å²) in [5.74, 6) is 2.65. The number of benzene rings is 1. The van der Waals surface area contributed by atoms with E-state index < -0.39 is 0 Å². The second kappa shape index (κ2) is 11.1. The topological polar surface area (TPSA) is 76.4 Å². The lowest BCUT2D eigenvalue weighted by molar-refractivity contribution is 0.411. The standard InChI is InChI=1S/C19H30N6O.HI/c1-6-17-24-23-14-25(17)11-10-21-18(20-4)22-13-19(2,3)15-8-7-9-16(12-15)26-5;/h7-9,12,14H,6,10-11,13H2,1-5H3,(H2,20,21,22);1H. The number of aliphatic imine (C=N–C) groups is 1. The van der Waals surface area contributed by atoms with Crippen molar-refractivity contribution in [3.05, 3.63) is 42.0 Å². The van der Waals surface area contributed by atoms with Crippen LogP contribution in [-0.2, 0) is 18.4 Å². The fraction of sp³-hybridized carbons (Fsp3) is 0.526. The predicted octanol–water partition coefficient (Wildman–Crippen LogP) is 2.61. The first-order valence-electron chi connectivity index (χ1n) is 8.96. The lowest BCUT2D eigenvalue weighted by Crippen LogP contribution is -2.44. The highest BCUT2D eigenvalue weighted by molar-refractivity contribution is 14.0. The van der Waals surface area contributed by atoms with Gasteiger partial charge < -0.3 is 19.9 Å². The predicted molar refractivity (Wildman–Crippen MR) is 120 cm³/mol. The van der Waals surface area contributed by atoms with E-state index in [-0.39, 0.29) is 29.4 Å². The summed E-state index contributed by atoms with van der Waals surface area (Å²) < 4.78 is 7.39.